The van der Waals surface area contributed by atoms with Crippen LogP contribution in [0.1, 0.15) is 53.2 Å². The van der Waals surface area contributed by atoms with Gasteiger partial charge in [0.25, 0.3) is 5.91 Å². The number of benzene rings is 4. The normalized spacial score (nSPS) is 14.4. The van der Waals surface area contributed by atoms with Crippen LogP contribution in [0.5, 0.6) is 11.5 Å². The van der Waals surface area contributed by atoms with Crippen LogP contribution in [0.15, 0.2) is 103 Å². The molecule has 1 aliphatic rings. The third-order valence-electron chi connectivity index (χ3n) is 7.16. The van der Waals surface area contributed by atoms with Crippen LogP contribution in [0.2, 0.25) is 0 Å². The number of ether oxygens (including phenoxy) is 1. The number of nitrogens with one attached hydrogen (secondary N) is 1. The van der Waals surface area contributed by atoms with E-state index in [0.29, 0.717) is 30.0 Å². The average Bonchev–Trinajstić information content (AvgIpc) is 2.98. The lowest BCUT2D eigenvalue weighted by molar-refractivity contribution is -0.121. The van der Waals surface area contributed by atoms with Gasteiger partial charge in [-0.05, 0) is 72.0 Å². The van der Waals surface area contributed by atoms with Gasteiger partial charge in [0.05, 0.1) is 0 Å². The highest BCUT2D eigenvalue weighted by molar-refractivity contribution is 6.01. The van der Waals surface area contributed by atoms with Crippen molar-refractivity contribution in [1.82, 2.24) is 4.90 Å². The SMILES string of the molecule is CCCCCc1ccc(NC(=O)[C@H]2Cc3ccccc3CN2C(=O)c2cccc(Oc3ccccc3)c2)cc1. The van der Waals surface area contributed by atoms with Crippen molar-refractivity contribution in [3.8, 4) is 11.5 Å². The van der Waals surface area contributed by atoms with Gasteiger partial charge in [-0.2, -0.15) is 0 Å². The Balaban J connectivity index is 1.35. The molecule has 0 aromatic heterocycles. The summed E-state index contributed by atoms with van der Waals surface area (Å²) < 4.78 is 5.96. The minimum absolute atomic E-state index is 0.187. The second-order valence-electron chi connectivity index (χ2n) is 10.0. The first-order valence-corrected chi connectivity index (χ1v) is 13.7. The highest BCUT2D eigenvalue weighted by Crippen LogP contribution is 2.28. The number of anilines is 1. The van der Waals surface area contributed by atoms with Crippen molar-refractivity contribution in [1.29, 1.82) is 0 Å². The quantitative estimate of drug-likeness (QED) is 0.235. The monoisotopic (exact) mass is 518 g/mol. The zero-order valence-corrected chi connectivity index (χ0v) is 22.3. The van der Waals surface area contributed by atoms with Crippen molar-refractivity contribution < 1.29 is 14.3 Å². The van der Waals surface area contributed by atoms with Gasteiger partial charge in [0, 0.05) is 24.2 Å². The molecule has 1 atom stereocenters. The zero-order valence-electron chi connectivity index (χ0n) is 22.3. The fraction of sp³-hybridized carbons (Fsp3) is 0.235. The van der Waals surface area contributed by atoms with Gasteiger partial charge in [-0.1, -0.05) is 80.4 Å². The summed E-state index contributed by atoms with van der Waals surface area (Å²) in [7, 11) is 0. The topological polar surface area (TPSA) is 58.6 Å². The molecule has 5 nitrogen and oxygen atoms in total. The molecule has 39 heavy (non-hydrogen) atoms. The standard InChI is InChI=1S/C34H34N2O3/c1-2-3-5-11-25-18-20-29(21-19-25)35-33(37)32-23-26-12-8-9-13-28(26)24-36(32)34(38)27-14-10-17-31(22-27)39-30-15-6-4-7-16-30/h4,6-10,12-22,32H,2-3,5,11,23-24H2,1H3,(H,35,37)/t32-/m1/s1. The number of hydrogen-bond donors (Lipinski definition) is 1. The number of unbranched alkanes of at least 4 members (excludes halogenated alkanes) is 2. The smallest absolute Gasteiger partial charge is 0.254 e. The van der Waals surface area contributed by atoms with E-state index in [4.69, 9.17) is 4.74 Å². The Morgan fingerprint density at radius 3 is 2.31 bits per heavy atom. The summed E-state index contributed by atoms with van der Waals surface area (Å²) in [5.74, 6) is 0.884. The molecule has 0 aliphatic carbocycles. The summed E-state index contributed by atoms with van der Waals surface area (Å²) in [6.45, 7) is 2.57. The van der Waals surface area contributed by atoms with Gasteiger partial charge >= 0.3 is 0 Å². The first kappa shape index (κ1) is 26.2. The molecule has 5 heteroatoms. The maximum atomic E-state index is 13.8. The summed E-state index contributed by atoms with van der Waals surface area (Å²) in [6, 6.07) is 32.0. The van der Waals surface area contributed by atoms with Crippen LogP contribution in [0.4, 0.5) is 5.69 Å². The molecular formula is C34H34N2O3. The fourth-order valence-electron chi connectivity index (χ4n) is 5.01. The Morgan fingerprint density at radius 1 is 0.821 bits per heavy atom. The van der Waals surface area contributed by atoms with Crippen LogP contribution in [-0.2, 0) is 24.2 Å². The number of para-hydroxylation sites is 1. The Bertz CT molecular complexity index is 1420. The number of nitrogens with zero attached hydrogens (tertiary/aromatic N) is 1. The zero-order chi connectivity index (χ0) is 27.0. The van der Waals surface area contributed by atoms with Gasteiger partial charge in [-0.25, -0.2) is 0 Å². The van der Waals surface area contributed by atoms with Crippen LogP contribution in [0, 0.1) is 0 Å². The molecule has 1 N–H and O–H groups in total. The first-order valence-electron chi connectivity index (χ1n) is 13.7. The van der Waals surface area contributed by atoms with E-state index in [1.54, 1.807) is 23.1 Å². The van der Waals surface area contributed by atoms with Gasteiger partial charge < -0.3 is 15.0 Å². The maximum absolute atomic E-state index is 13.8. The molecule has 0 saturated carbocycles. The van der Waals surface area contributed by atoms with E-state index in [1.807, 2.05) is 72.8 Å². The molecule has 4 aromatic rings. The van der Waals surface area contributed by atoms with Gasteiger partial charge in [-0.15, -0.1) is 0 Å². The van der Waals surface area contributed by atoms with E-state index in [9.17, 15) is 9.59 Å². The van der Waals surface area contributed by atoms with E-state index in [2.05, 4.69) is 24.4 Å². The van der Waals surface area contributed by atoms with Crippen LogP contribution in [0.25, 0.3) is 0 Å². The molecule has 4 aromatic carbocycles. The Labute approximate surface area is 230 Å². The van der Waals surface area contributed by atoms with Crippen molar-refractivity contribution >= 4 is 17.5 Å². The summed E-state index contributed by atoms with van der Waals surface area (Å²) >= 11 is 0. The Morgan fingerprint density at radius 2 is 1.54 bits per heavy atom. The fourth-order valence-corrected chi connectivity index (χ4v) is 5.01. The van der Waals surface area contributed by atoms with Gasteiger partial charge in [0.1, 0.15) is 17.5 Å². The highest BCUT2D eigenvalue weighted by atomic mass is 16.5. The molecule has 0 unspecified atom stereocenters. The number of aryl methyl sites for hydroxylation is 1. The average molecular weight is 519 g/mol. The summed E-state index contributed by atoms with van der Waals surface area (Å²) in [4.78, 5) is 29.1. The molecule has 2 amide bonds. The summed E-state index contributed by atoms with van der Waals surface area (Å²) in [6.07, 6.45) is 5.07. The van der Waals surface area contributed by atoms with Crippen LogP contribution in [0.3, 0.4) is 0 Å². The maximum Gasteiger partial charge on any atom is 0.254 e. The molecule has 0 spiro atoms. The molecule has 198 valence electrons. The Hall–Kier alpha value is -4.38. The molecule has 0 radical (unpaired) electrons. The number of carbonyl (C=O) groups is 2. The molecular weight excluding hydrogens is 484 g/mol. The largest absolute Gasteiger partial charge is 0.457 e. The molecule has 1 heterocycles. The molecule has 1 aliphatic heterocycles. The molecule has 0 saturated heterocycles. The number of rotatable bonds is 9. The van der Waals surface area contributed by atoms with E-state index >= 15 is 0 Å². The lowest BCUT2D eigenvalue weighted by atomic mass is 9.92. The van der Waals surface area contributed by atoms with Gasteiger partial charge in [0.2, 0.25) is 5.91 Å². The lowest BCUT2D eigenvalue weighted by Gasteiger charge is -2.36. The third kappa shape index (κ3) is 6.55. The lowest BCUT2D eigenvalue weighted by Crippen LogP contribution is -2.50. The van der Waals surface area contributed by atoms with Crippen molar-refractivity contribution in [2.75, 3.05) is 5.32 Å². The van der Waals surface area contributed by atoms with Crippen LogP contribution >= 0.6 is 0 Å². The minimum Gasteiger partial charge on any atom is -0.457 e. The number of carbonyl (C=O) groups excluding carboxylic acids is 2. The molecule has 0 fully saturated rings. The second-order valence-corrected chi connectivity index (χ2v) is 10.0. The predicted octanol–water partition coefficient (Wildman–Crippen LogP) is 7.42. The van der Waals surface area contributed by atoms with Gasteiger partial charge in [0.15, 0.2) is 0 Å². The minimum atomic E-state index is -0.629. The van der Waals surface area contributed by atoms with Crippen molar-refractivity contribution in [2.45, 2.75) is 51.6 Å². The summed E-state index contributed by atoms with van der Waals surface area (Å²) in [5.41, 5.74) is 4.64. The van der Waals surface area contributed by atoms with E-state index in [-0.39, 0.29) is 11.8 Å². The first-order chi connectivity index (χ1) is 19.1. The van der Waals surface area contributed by atoms with E-state index in [1.165, 1.54) is 24.8 Å². The van der Waals surface area contributed by atoms with Crippen molar-refractivity contribution in [3.05, 3.63) is 125 Å². The number of amides is 2. The second kappa shape index (κ2) is 12.4. The van der Waals surface area contributed by atoms with E-state index < -0.39 is 6.04 Å². The van der Waals surface area contributed by atoms with Crippen molar-refractivity contribution in [2.24, 2.45) is 0 Å². The van der Waals surface area contributed by atoms with Crippen molar-refractivity contribution in [3.63, 3.8) is 0 Å². The van der Waals surface area contributed by atoms with Crippen LogP contribution < -0.4 is 10.1 Å². The number of fused-ring (bicyclic) bond motifs is 1. The van der Waals surface area contributed by atoms with Crippen LogP contribution in [-0.4, -0.2) is 22.8 Å². The van der Waals surface area contributed by atoms with Gasteiger partial charge in [-0.3, -0.25) is 9.59 Å². The molecule has 5 rings (SSSR count). The summed E-state index contributed by atoms with van der Waals surface area (Å²) in [5, 5.41) is 3.06. The Kier molecular flexibility index (Phi) is 8.37. The predicted molar refractivity (Wildman–Crippen MR) is 155 cm³/mol. The molecule has 0 bridgehead atoms. The number of hydrogen-bond acceptors (Lipinski definition) is 3. The third-order valence-corrected chi connectivity index (χ3v) is 7.16. The highest BCUT2D eigenvalue weighted by Gasteiger charge is 2.35. The van der Waals surface area contributed by atoms with E-state index in [0.717, 1.165) is 23.2 Å².